The number of nitrogens with one attached hydrogen (secondary N) is 2. The van der Waals surface area contributed by atoms with Crippen LogP contribution in [-0.4, -0.2) is 16.2 Å². The molecular formula is C21H22N4O2. The fraction of sp³-hybridized carbons (Fsp3) is 0.286. The van der Waals surface area contributed by atoms with E-state index in [9.17, 15) is 4.79 Å². The predicted octanol–water partition coefficient (Wildman–Crippen LogP) is 4.50. The molecule has 0 aliphatic heterocycles. The number of hydrogen-bond donors (Lipinski definition) is 2. The molecule has 1 aromatic heterocycles. The minimum Gasteiger partial charge on any atom is -0.339 e. The summed E-state index contributed by atoms with van der Waals surface area (Å²) in [6, 6.07) is 15.6. The summed E-state index contributed by atoms with van der Waals surface area (Å²) in [5.74, 6) is 1.17. The highest BCUT2D eigenvalue weighted by Crippen LogP contribution is 2.29. The van der Waals surface area contributed by atoms with Crippen molar-refractivity contribution in [2.75, 3.05) is 5.32 Å². The molecule has 1 aliphatic rings. The molecule has 27 heavy (non-hydrogen) atoms. The Morgan fingerprint density at radius 2 is 2.00 bits per heavy atom. The van der Waals surface area contributed by atoms with Crippen LogP contribution in [0.4, 0.5) is 10.5 Å². The van der Waals surface area contributed by atoms with Crippen LogP contribution in [0.3, 0.4) is 0 Å². The fourth-order valence-corrected chi connectivity index (χ4v) is 3.45. The smallest absolute Gasteiger partial charge is 0.319 e. The molecule has 1 atom stereocenters. The van der Waals surface area contributed by atoms with Crippen LogP contribution in [0.1, 0.15) is 42.8 Å². The van der Waals surface area contributed by atoms with Crippen LogP contribution >= 0.6 is 0 Å². The summed E-state index contributed by atoms with van der Waals surface area (Å²) in [7, 11) is 0. The van der Waals surface area contributed by atoms with Crippen LogP contribution in [0.2, 0.25) is 0 Å². The Labute approximate surface area is 158 Å². The maximum atomic E-state index is 12.4. The second kappa shape index (κ2) is 7.61. The third kappa shape index (κ3) is 3.84. The first-order valence-electron chi connectivity index (χ1n) is 9.31. The van der Waals surface area contributed by atoms with Crippen molar-refractivity contribution in [2.45, 2.75) is 38.6 Å². The zero-order chi connectivity index (χ0) is 18.6. The van der Waals surface area contributed by atoms with Gasteiger partial charge in [0.05, 0.1) is 6.04 Å². The van der Waals surface area contributed by atoms with Crippen molar-refractivity contribution in [1.82, 2.24) is 15.5 Å². The van der Waals surface area contributed by atoms with Crippen molar-refractivity contribution in [2.24, 2.45) is 0 Å². The van der Waals surface area contributed by atoms with E-state index in [2.05, 4.69) is 39.0 Å². The van der Waals surface area contributed by atoms with Gasteiger partial charge in [-0.2, -0.15) is 4.98 Å². The van der Waals surface area contributed by atoms with Gasteiger partial charge in [-0.05, 0) is 54.7 Å². The number of aromatic nitrogens is 2. The van der Waals surface area contributed by atoms with Crippen LogP contribution < -0.4 is 10.6 Å². The molecule has 1 unspecified atom stereocenters. The average Bonchev–Trinajstić information content (AvgIpc) is 3.18. The van der Waals surface area contributed by atoms with Gasteiger partial charge >= 0.3 is 6.03 Å². The Morgan fingerprint density at radius 3 is 2.78 bits per heavy atom. The molecule has 0 saturated heterocycles. The molecule has 1 heterocycles. The highest BCUT2D eigenvalue weighted by Gasteiger charge is 2.21. The second-order valence-corrected chi connectivity index (χ2v) is 6.68. The lowest BCUT2D eigenvalue weighted by Crippen LogP contribution is -2.34. The summed E-state index contributed by atoms with van der Waals surface area (Å²) in [5.41, 5.74) is 4.12. The first-order valence-corrected chi connectivity index (χ1v) is 9.31. The van der Waals surface area contributed by atoms with Gasteiger partial charge < -0.3 is 15.2 Å². The number of hydrogen-bond acceptors (Lipinski definition) is 4. The molecule has 6 nitrogen and oxygen atoms in total. The number of rotatable bonds is 4. The van der Waals surface area contributed by atoms with Crippen LogP contribution in [0.5, 0.6) is 0 Å². The van der Waals surface area contributed by atoms with Crippen LogP contribution in [0.25, 0.3) is 11.4 Å². The highest BCUT2D eigenvalue weighted by molar-refractivity contribution is 5.89. The number of carbonyl (C=O) groups excluding carboxylic acids is 1. The van der Waals surface area contributed by atoms with Crippen molar-refractivity contribution in [3.63, 3.8) is 0 Å². The lowest BCUT2D eigenvalue weighted by molar-refractivity contribution is 0.247. The SMILES string of the molecule is CCc1nc(-c2ccc(NC(=O)NC3CCCc4ccccc43)cc2)no1. The van der Waals surface area contributed by atoms with Crippen molar-refractivity contribution < 1.29 is 9.32 Å². The number of urea groups is 1. The van der Waals surface area contributed by atoms with E-state index >= 15 is 0 Å². The Bertz CT molecular complexity index is 933. The Kier molecular flexibility index (Phi) is 4.87. The quantitative estimate of drug-likeness (QED) is 0.716. The van der Waals surface area contributed by atoms with Gasteiger partial charge in [-0.15, -0.1) is 0 Å². The number of carbonyl (C=O) groups is 1. The molecule has 0 saturated carbocycles. The van der Waals surface area contributed by atoms with Gasteiger partial charge in [0.15, 0.2) is 0 Å². The number of nitrogens with zero attached hydrogens (tertiary/aromatic N) is 2. The lowest BCUT2D eigenvalue weighted by atomic mass is 9.88. The molecular weight excluding hydrogens is 340 g/mol. The molecule has 0 spiro atoms. The highest BCUT2D eigenvalue weighted by atomic mass is 16.5. The zero-order valence-corrected chi connectivity index (χ0v) is 15.2. The summed E-state index contributed by atoms with van der Waals surface area (Å²) in [6.07, 6.45) is 3.83. The first kappa shape index (κ1) is 17.3. The van der Waals surface area contributed by atoms with E-state index in [0.29, 0.717) is 18.1 Å². The topological polar surface area (TPSA) is 80.0 Å². The summed E-state index contributed by atoms with van der Waals surface area (Å²) in [5, 5.41) is 9.95. The zero-order valence-electron chi connectivity index (χ0n) is 15.2. The second-order valence-electron chi connectivity index (χ2n) is 6.68. The van der Waals surface area contributed by atoms with E-state index in [1.807, 2.05) is 37.3 Å². The molecule has 1 aliphatic carbocycles. The minimum absolute atomic E-state index is 0.0565. The van der Waals surface area contributed by atoms with Crippen molar-refractivity contribution in [1.29, 1.82) is 0 Å². The maximum absolute atomic E-state index is 12.4. The Morgan fingerprint density at radius 1 is 1.19 bits per heavy atom. The van der Waals surface area contributed by atoms with Gasteiger partial charge in [-0.1, -0.05) is 36.3 Å². The van der Waals surface area contributed by atoms with E-state index < -0.39 is 0 Å². The number of amides is 2. The maximum Gasteiger partial charge on any atom is 0.319 e. The summed E-state index contributed by atoms with van der Waals surface area (Å²) in [6.45, 7) is 1.97. The molecule has 4 rings (SSSR count). The Balaban J connectivity index is 1.40. The van der Waals surface area contributed by atoms with Crippen LogP contribution in [-0.2, 0) is 12.8 Å². The average molecular weight is 362 g/mol. The molecule has 6 heteroatoms. The minimum atomic E-state index is -0.197. The third-order valence-corrected chi connectivity index (χ3v) is 4.85. The van der Waals surface area contributed by atoms with E-state index in [-0.39, 0.29) is 12.1 Å². The van der Waals surface area contributed by atoms with Gasteiger partial charge in [0.2, 0.25) is 11.7 Å². The van der Waals surface area contributed by atoms with Gasteiger partial charge in [-0.3, -0.25) is 0 Å². The molecule has 138 valence electrons. The molecule has 0 bridgehead atoms. The van der Waals surface area contributed by atoms with E-state index in [1.165, 1.54) is 11.1 Å². The van der Waals surface area contributed by atoms with E-state index in [4.69, 9.17) is 4.52 Å². The summed E-state index contributed by atoms with van der Waals surface area (Å²) >= 11 is 0. The summed E-state index contributed by atoms with van der Waals surface area (Å²) < 4.78 is 5.14. The fourth-order valence-electron chi connectivity index (χ4n) is 3.45. The first-order chi connectivity index (χ1) is 13.2. The van der Waals surface area contributed by atoms with Crippen molar-refractivity contribution in [3.8, 4) is 11.4 Å². The molecule has 2 N–H and O–H groups in total. The van der Waals surface area contributed by atoms with E-state index in [0.717, 1.165) is 30.5 Å². The van der Waals surface area contributed by atoms with Gasteiger partial charge in [-0.25, -0.2) is 4.79 Å². The number of fused-ring (bicyclic) bond motifs is 1. The Hall–Kier alpha value is -3.15. The van der Waals surface area contributed by atoms with Gasteiger partial charge in [0.25, 0.3) is 0 Å². The van der Waals surface area contributed by atoms with Gasteiger partial charge in [0.1, 0.15) is 0 Å². The number of aryl methyl sites for hydroxylation is 2. The normalized spacial score (nSPS) is 15.8. The molecule has 2 amide bonds. The summed E-state index contributed by atoms with van der Waals surface area (Å²) in [4.78, 5) is 16.7. The molecule has 0 radical (unpaired) electrons. The predicted molar refractivity (Wildman–Crippen MR) is 103 cm³/mol. The van der Waals surface area contributed by atoms with Crippen LogP contribution in [0, 0.1) is 0 Å². The number of benzene rings is 2. The van der Waals surface area contributed by atoms with Gasteiger partial charge in [0, 0.05) is 17.7 Å². The van der Waals surface area contributed by atoms with E-state index in [1.54, 1.807) is 0 Å². The standard InChI is InChI=1S/C21H22N4O2/c1-2-19-24-20(25-27-19)15-10-12-16(13-11-15)22-21(26)23-18-9-5-7-14-6-3-4-8-17(14)18/h3-4,6,8,10-13,18H,2,5,7,9H2,1H3,(H2,22,23,26). The van der Waals surface area contributed by atoms with Crippen molar-refractivity contribution in [3.05, 3.63) is 65.5 Å². The monoisotopic (exact) mass is 362 g/mol. The van der Waals surface area contributed by atoms with Crippen LogP contribution in [0.15, 0.2) is 53.1 Å². The molecule has 3 aromatic rings. The third-order valence-electron chi connectivity index (χ3n) is 4.85. The molecule has 0 fully saturated rings. The largest absolute Gasteiger partial charge is 0.339 e. The lowest BCUT2D eigenvalue weighted by Gasteiger charge is -2.26. The number of anilines is 1. The molecule has 2 aromatic carbocycles. The van der Waals surface area contributed by atoms with Crippen molar-refractivity contribution >= 4 is 11.7 Å².